The van der Waals surface area contributed by atoms with E-state index in [0.717, 1.165) is 10.4 Å². The first-order valence-electron chi connectivity index (χ1n) is 12.9. The lowest BCUT2D eigenvalue weighted by Gasteiger charge is -2.31. The molecule has 1 saturated heterocycles. The molecule has 1 aliphatic rings. The van der Waals surface area contributed by atoms with Gasteiger partial charge in [0.05, 0.1) is 52.9 Å². The van der Waals surface area contributed by atoms with Crippen LogP contribution in [0.2, 0.25) is 0 Å². The van der Waals surface area contributed by atoms with Gasteiger partial charge in [0.25, 0.3) is 17.7 Å². The molecule has 2 N–H and O–H groups in total. The third-order valence-corrected chi connectivity index (χ3v) is 7.94. The molecule has 0 saturated carbocycles. The highest BCUT2D eigenvalue weighted by molar-refractivity contribution is 7.21. The van der Waals surface area contributed by atoms with Gasteiger partial charge in [0.2, 0.25) is 0 Å². The smallest absolute Gasteiger partial charge is 0.260 e. The highest BCUT2D eigenvalue weighted by Crippen LogP contribution is 2.31. The van der Waals surface area contributed by atoms with Crippen molar-refractivity contribution >= 4 is 33.7 Å². The number of fused-ring (bicyclic) bond motifs is 1. The summed E-state index contributed by atoms with van der Waals surface area (Å²) in [6.07, 6.45) is 8.14. The van der Waals surface area contributed by atoms with Crippen LogP contribution in [0, 0.1) is 6.92 Å². The average molecular weight is 573 g/mol. The highest BCUT2D eigenvalue weighted by atomic mass is 32.1. The molecule has 0 bridgehead atoms. The van der Waals surface area contributed by atoms with Gasteiger partial charge in [-0.1, -0.05) is 0 Å². The van der Waals surface area contributed by atoms with E-state index in [1.54, 1.807) is 35.5 Å². The number of rotatable bonds is 10. The predicted molar refractivity (Wildman–Crippen MR) is 146 cm³/mol. The Morgan fingerprint density at radius 3 is 2.67 bits per heavy atom. The number of nitrogens with one attached hydrogen (secondary N) is 2. The first kappa shape index (κ1) is 27.8. The second kappa shape index (κ2) is 11.8. The summed E-state index contributed by atoms with van der Waals surface area (Å²) in [6.45, 7) is 4.34. The summed E-state index contributed by atoms with van der Waals surface area (Å²) >= 11 is 1.42. The Morgan fingerprint density at radius 2 is 1.90 bits per heavy atom. The van der Waals surface area contributed by atoms with Crippen LogP contribution in [0.1, 0.15) is 39.3 Å². The van der Waals surface area contributed by atoms with Crippen molar-refractivity contribution in [3.05, 3.63) is 53.9 Å². The Balaban J connectivity index is 1.22. The molecule has 5 heterocycles. The molecule has 0 radical (unpaired) electrons. The number of carbonyl (C=O) groups is 2. The Bertz CT molecular complexity index is 1500. The van der Waals surface area contributed by atoms with Gasteiger partial charge in [0.1, 0.15) is 4.83 Å². The van der Waals surface area contributed by atoms with Crippen LogP contribution in [0.15, 0.2) is 37.1 Å². The maximum absolute atomic E-state index is 13.3. The molecule has 11 nitrogen and oxygen atoms in total. The van der Waals surface area contributed by atoms with E-state index in [-0.39, 0.29) is 30.2 Å². The summed E-state index contributed by atoms with van der Waals surface area (Å²) in [7, 11) is 1.64. The van der Waals surface area contributed by atoms with E-state index < -0.39 is 5.92 Å². The van der Waals surface area contributed by atoms with Crippen LogP contribution in [0.25, 0.3) is 15.3 Å². The van der Waals surface area contributed by atoms with E-state index in [9.17, 15) is 18.4 Å². The number of hydrogen-bond donors (Lipinski definition) is 2. The molecule has 0 aromatic carbocycles. The molecule has 5 rings (SSSR count). The molecule has 4 aromatic heterocycles. The minimum absolute atomic E-state index is 0.165. The number of anilines is 1. The Labute approximate surface area is 233 Å². The number of aryl methyl sites for hydroxylation is 1. The first-order valence-corrected chi connectivity index (χ1v) is 13.7. The van der Waals surface area contributed by atoms with Crippen molar-refractivity contribution in [3.63, 3.8) is 0 Å². The Hall–Kier alpha value is -3.75. The van der Waals surface area contributed by atoms with Gasteiger partial charge in [0, 0.05) is 70.3 Å². The zero-order valence-corrected chi connectivity index (χ0v) is 23.0. The SMILES string of the molecule is COCCn1cc(-c2cn3ncc(C(=O)Nc4cc(C(=O)NCCN5CCC(F)(F)CC5)cnc4C)c3s2)cn1. The monoisotopic (exact) mass is 572 g/mol. The van der Waals surface area contributed by atoms with Gasteiger partial charge in [-0.3, -0.25) is 19.3 Å². The largest absolute Gasteiger partial charge is 0.383 e. The summed E-state index contributed by atoms with van der Waals surface area (Å²) in [5, 5.41) is 14.3. The molecule has 0 aliphatic carbocycles. The van der Waals surface area contributed by atoms with Gasteiger partial charge in [-0.05, 0) is 13.0 Å². The van der Waals surface area contributed by atoms with E-state index >= 15 is 0 Å². The minimum Gasteiger partial charge on any atom is -0.383 e. The van der Waals surface area contributed by atoms with Gasteiger partial charge in [0.15, 0.2) is 0 Å². The average Bonchev–Trinajstić information content (AvgIpc) is 3.65. The summed E-state index contributed by atoms with van der Waals surface area (Å²) in [5.74, 6) is -3.33. The van der Waals surface area contributed by atoms with Gasteiger partial charge in [-0.2, -0.15) is 10.2 Å². The maximum Gasteiger partial charge on any atom is 0.260 e. The minimum atomic E-state index is -2.60. The van der Waals surface area contributed by atoms with Crippen LogP contribution < -0.4 is 10.6 Å². The summed E-state index contributed by atoms with van der Waals surface area (Å²) in [4.78, 5) is 33.7. The third-order valence-electron chi connectivity index (χ3n) is 6.78. The number of aromatic nitrogens is 5. The van der Waals surface area contributed by atoms with Crippen LogP contribution in [0.5, 0.6) is 0 Å². The molecule has 4 aromatic rings. The van der Waals surface area contributed by atoms with Crippen molar-refractivity contribution in [1.29, 1.82) is 0 Å². The highest BCUT2D eigenvalue weighted by Gasteiger charge is 2.33. The molecule has 0 atom stereocenters. The summed E-state index contributed by atoms with van der Waals surface area (Å²) < 4.78 is 35.2. The van der Waals surface area contributed by atoms with E-state index in [4.69, 9.17) is 4.74 Å². The third kappa shape index (κ3) is 6.35. The Kier molecular flexibility index (Phi) is 8.19. The fourth-order valence-electron chi connectivity index (χ4n) is 4.38. The number of thiazole rings is 1. The van der Waals surface area contributed by atoms with Crippen molar-refractivity contribution in [2.45, 2.75) is 32.2 Å². The molecule has 40 heavy (non-hydrogen) atoms. The number of pyridine rings is 1. The second-order valence-corrected chi connectivity index (χ2v) is 10.7. The summed E-state index contributed by atoms with van der Waals surface area (Å²) in [5.41, 5.74) is 2.55. The number of alkyl halides is 2. The number of hydrogen-bond acceptors (Lipinski definition) is 8. The zero-order chi connectivity index (χ0) is 28.3. The van der Waals surface area contributed by atoms with E-state index in [2.05, 4.69) is 25.8 Å². The number of methoxy groups -OCH3 is 1. The fourth-order valence-corrected chi connectivity index (χ4v) is 5.41. The fraction of sp³-hybridized carbons (Fsp3) is 0.423. The van der Waals surface area contributed by atoms with Crippen LogP contribution in [0.4, 0.5) is 14.5 Å². The lowest BCUT2D eigenvalue weighted by molar-refractivity contribution is -0.0547. The van der Waals surface area contributed by atoms with Crippen LogP contribution >= 0.6 is 11.3 Å². The van der Waals surface area contributed by atoms with Gasteiger partial charge < -0.3 is 20.3 Å². The lowest BCUT2D eigenvalue weighted by Crippen LogP contribution is -2.43. The first-order chi connectivity index (χ1) is 19.2. The normalized spacial score (nSPS) is 15.4. The van der Waals surface area contributed by atoms with E-state index in [1.165, 1.54) is 23.7 Å². The van der Waals surface area contributed by atoms with Crippen molar-refractivity contribution < 1.29 is 23.1 Å². The molecular formula is C26H30F2N8O3S. The molecule has 1 aliphatic heterocycles. The van der Waals surface area contributed by atoms with E-state index in [0.29, 0.717) is 61.1 Å². The number of nitrogens with zero attached hydrogens (tertiary/aromatic N) is 6. The van der Waals surface area contributed by atoms with E-state index in [1.807, 2.05) is 17.3 Å². The number of piperidine rings is 1. The topological polar surface area (TPSA) is 119 Å². The van der Waals surface area contributed by atoms with Gasteiger partial charge in [-0.25, -0.2) is 13.3 Å². The predicted octanol–water partition coefficient (Wildman–Crippen LogP) is 3.32. The number of likely N-dealkylation sites (tertiary alicyclic amines) is 1. The number of halogens is 2. The van der Waals surface area contributed by atoms with Crippen molar-refractivity contribution in [2.75, 3.05) is 45.2 Å². The van der Waals surface area contributed by atoms with Crippen LogP contribution in [0.3, 0.4) is 0 Å². The van der Waals surface area contributed by atoms with Gasteiger partial charge in [-0.15, -0.1) is 11.3 Å². The molecular weight excluding hydrogens is 542 g/mol. The molecule has 0 spiro atoms. The Morgan fingerprint density at radius 1 is 1.10 bits per heavy atom. The van der Waals surface area contributed by atoms with Crippen molar-refractivity contribution in [3.8, 4) is 10.4 Å². The van der Waals surface area contributed by atoms with Crippen molar-refractivity contribution in [2.24, 2.45) is 0 Å². The van der Waals surface area contributed by atoms with Crippen LogP contribution in [-0.4, -0.2) is 86.9 Å². The number of carbonyl (C=O) groups excluding carboxylic acids is 2. The maximum atomic E-state index is 13.3. The zero-order valence-electron chi connectivity index (χ0n) is 22.2. The number of ether oxygens (including phenoxy) is 1. The quantitative estimate of drug-likeness (QED) is 0.299. The number of amides is 2. The second-order valence-electron chi connectivity index (χ2n) is 9.65. The summed E-state index contributed by atoms with van der Waals surface area (Å²) in [6, 6.07) is 1.58. The molecule has 14 heteroatoms. The lowest BCUT2D eigenvalue weighted by atomic mass is 10.1. The van der Waals surface area contributed by atoms with Crippen molar-refractivity contribution in [1.82, 2.24) is 34.6 Å². The molecule has 0 unspecified atom stereocenters. The molecule has 212 valence electrons. The molecule has 2 amide bonds. The van der Waals surface area contributed by atoms with Crippen LogP contribution in [-0.2, 0) is 11.3 Å². The standard InChI is InChI=1S/C26H30F2N8O3S/c1-17-21(11-18(12-30-17)23(37)29-5-8-34-6-3-26(27,28)4-7-34)33-24(38)20-14-32-36-16-22(40-25(20)36)19-13-31-35(15-19)9-10-39-2/h11-16H,3-10H2,1-2H3,(H,29,37)(H,33,38). The van der Waals surface area contributed by atoms with Gasteiger partial charge >= 0.3 is 0 Å². The molecule has 1 fully saturated rings.